The Labute approximate surface area is 208 Å². The molecule has 1 amide bonds. The quantitative estimate of drug-likeness (QED) is 0.564. The highest BCUT2D eigenvalue weighted by Gasteiger charge is 2.43. The summed E-state index contributed by atoms with van der Waals surface area (Å²) in [6.45, 7) is 9.19. The number of carbonyl (C=O) groups excluding carboxylic acids is 1. The van der Waals surface area contributed by atoms with Crippen LogP contribution in [0, 0.1) is 6.92 Å². The maximum Gasteiger partial charge on any atom is 0.433 e. The Balaban J connectivity index is 1.49. The van der Waals surface area contributed by atoms with Crippen LogP contribution in [0.4, 0.5) is 23.9 Å². The van der Waals surface area contributed by atoms with Gasteiger partial charge < -0.3 is 24.0 Å². The predicted molar refractivity (Wildman–Crippen MR) is 126 cm³/mol. The number of halogens is 3. The molecule has 1 spiro atoms. The van der Waals surface area contributed by atoms with Gasteiger partial charge in [0.25, 0.3) is 0 Å². The number of anilines is 1. The van der Waals surface area contributed by atoms with Crippen LogP contribution >= 0.6 is 0 Å². The summed E-state index contributed by atoms with van der Waals surface area (Å²) in [5, 5.41) is 0. The van der Waals surface area contributed by atoms with Crippen LogP contribution in [0.2, 0.25) is 0 Å². The molecule has 4 rings (SSSR count). The lowest BCUT2D eigenvalue weighted by molar-refractivity contribution is -0.141. The lowest BCUT2D eigenvalue weighted by Gasteiger charge is -2.47. The number of morpholine rings is 1. The predicted octanol–water partition coefficient (Wildman–Crippen LogP) is 5.20. The van der Waals surface area contributed by atoms with Crippen LogP contribution in [-0.2, 0) is 15.7 Å². The number of aryl methyl sites for hydroxylation is 1. The zero-order valence-electron chi connectivity index (χ0n) is 20.9. The van der Waals surface area contributed by atoms with Crippen LogP contribution in [0.5, 0.6) is 11.6 Å². The van der Waals surface area contributed by atoms with E-state index in [9.17, 15) is 18.0 Å². The zero-order valence-corrected chi connectivity index (χ0v) is 20.9. The smallest absolute Gasteiger partial charge is 0.433 e. The minimum Gasteiger partial charge on any atom is -0.444 e. The maximum absolute atomic E-state index is 13.6. The number of amides is 1. The monoisotopic (exact) mass is 508 g/mol. The van der Waals surface area contributed by atoms with Gasteiger partial charge in [-0.2, -0.15) is 18.2 Å². The summed E-state index contributed by atoms with van der Waals surface area (Å²) >= 11 is 0. The molecule has 2 fully saturated rings. The molecule has 0 radical (unpaired) electrons. The van der Waals surface area contributed by atoms with Crippen molar-refractivity contribution >= 4 is 12.0 Å². The number of carbonyl (C=O) groups is 1. The largest absolute Gasteiger partial charge is 0.444 e. The van der Waals surface area contributed by atoms with Gasteiger partial charge >= 0.3 is 12.3 Å². The Hall–Kier alpha value is -3.08. The fraction of sp³-hybridized carbons (Fsp3) is 0.560. The lowest BCUT2D eigenvalue weighted by Crippen LogP contribution is -2.58. The number of aromatic nitrogens is 2. The van der Waals surface area contributed by atoms with E-state index >= 15 is 0 Å². The second kappa shape index (κ2) is 9.76. The van der Waals surface area contributed by atoms with Gasteiger partial charge in [0.15, 0.2) is 5.69 Å². The molecule has 0 atom stereocenters. The van der Waals surface area contributed by atoms with Crippen molar-refractivity contribution in [3.63, 3.8) is 0 Å². The third-order valence-corrected chi connectivity index (χ3v) is 6.05. The summed E-state index contributed by atoms with van der Waals surface area (Å²) in [7, 11) is 0. The summed E-state index contributed by atoms with van der Waals surface area (Å²) in [6, 6.07) is 7.80. The molecular formula is C25H31F3N4O4. The van der Waals surface area contributed by atoms with Crippen LogP contribution in [0.1, 0.15) is 44.9 Å². The van der Waals surface area contributed by atoms with Crippen molar-refractivity contribution in [2.24, 2.45) is 0 Å². The van der Waals surface area contributed by atoms with Crippen LogP contribution in [-0.4, -0.2) is 64.9 Å². The molecule has 8 nitrogen and oxygen atoms in total. The molecule has 36 heavy (non-hydrogen) atoms. The van der Waals surface area contributed by atoms with Crippen LogP contribution < -0.4 is 9.64 Å². The van der Waals surface area contributed by atoms with E-state index in [-0.39, 0.29) is 11.8 Å². The second-order valence-electron chi connectivity index (χ2n) is 10.2. The van der Waals surface area contributed by atoms with E-state index in [0.717, 1.165) is 11.6 Å². The summed E-state index contributed by atoms with van der Waals surface area (Å²) in [5.41, 5.74) is -1.35. The second-order valence-corrected chi connectivity index (χ2v) is 10.2. The highest BCUT2D eigenvalue weighted by atomic mass is 19.4. The van der Waals surface area contributed by atoms with Crippen molar-refractivity contribution in [3.05, 3.63) is 41.6 Å². The molecule has 2 saturated heterocycles. The Kier molecular flexibility index (Phi) is 7.05. The molecule has 0 bridgehead atoms. The Bertz CT molecular complexity index is 1100. The van der Waals surface area contributed by atoms with Crippen molar-refractivity contribution in [1.29, 1.82) is 0 Å². The molecule has 0 unspecified atom stereocenters. The highest BCUT2D eigenvalue weighted by Crippen LogP contribution is 2.35. The first-order chi connectivity index (χ1) is 16.8. The SMILES string of the molecule is Cc1cccc(Oc2cc(C(F)(F)F)nc(N3CCC4(CC3)CN(C(=O)OC(C)(C)C)CCO4)n2)c1. The number of hydrogen-bond acceptors (Lipinski definition) is 7. The summed E-state index contributed by atoms with van der Waals surface area (Å²) in [5.74, 6) is 0.161. The number of alkyl halides is 3. The first-order valence-electron chi connectivity index (χ1n) is 11.9. The number of benzene rings is 1. The van der Waals surface area contributed by atoms with Gasteiger partial charge in [0.2, 0.25) is 11.8 Å². The Morgan fingerprint density at radius 1 is 1.08 bits per heavy atom. The maximum atomic E-state index is 13.6. The van der Waals surface area contributed by atoms with Crippen LogP contribution in [0.15, 0.2) is 30.3 Å². The fourth-order valence-corrected chi connectivity index (χ4v) is 4.30. The number of rotatable bonds is 3. The summed E-state index contributed by atoms with van der Waals surface area (Å²) in [6.07, 6.45) is -4.05. The summed E-state index contributed by atoms with van der Waals surface area (Å²) < 4.78 is 58.0. The van der Waals surface area contributed by atoms with Gasteiger partial charge in [-0.15, -0.1) is 0 Å². The van der Waals surface area contributed by atoms with Gasteiger partial charge in [0, 0.05) is 25.7 Å². The number of hydrogen-bond donors (Lipinski definition) is 0. The standard InChI is InChI=1S/C25H31F3N4O4/c1-17-6-5-7-18(14-17)35-20-15-19(25(26,27)28)29-21(30-20)31-10-8-24(9-11-31)16-32(12-13-34-24)22(33)36-23(2,3)4/h5-7,14-15H,8-13,16H2,1-4H3. The van der Waals surface area contributed by atoms with E-state index in [0.29, 0.717) is 51.4 Å². The van der Waals surface area contributed by atoms with Crippen LogP contribution in [0.3, 0.4) is 0 Å². The average Bonchev–Trinajstić information content (AvgIpc) is 2.78. The Morgan fingerprint density at radius 2 is 1.81 bits per heavy atom. The van der Waals surface area contributed by atoms with Crippen molar-refractivity contribution in [1.82, 2.24) is 14.9 Å². The van der Waals surface area contributed by atoms with Crippen LogP contribution in [0.25, 0.3) is 0 Å². The van der Waals surface area contributed by atoms with E-state index in [1.165, 1.54) is 0 Å². The van der Waals surface area contributed by atoms with E-state index < -0.39 is 29.2 Å². The van der Waals surface area contributed by atoms with Gasteiger partial charge in [0.1, 0.15) is 11.4 Å². The minimum atomic E-state index is -4.65. The van der Waals surface area contributed by atoms with Gasteiger partial charge in [0.05, 0.1) is 18.8 Å². The molecule has 3 heterocycles. The van der Waals surface area contributed by atoms with Crippen molar-refractivity contribution in [2.45, 2.75) is 57.9 Å². The first-order valence-corrected chi connectivity index (χ1v) is 11.9. The zero-order chi connectivity index (χ0) is 26.1. The molecule has 2 aromatic rings. The number of piperidine rings is 1. The molecule has 0 saturated carbocycles. The van der Waals surface area contributed by atoms with E-state index in [4.69, 9.17) is 14.2 Å². The lowest BCUT2D eigenvalue weighted by atomic mass is 9.89. The third kappa shape index (κ3) is 6.37. The van der Waals surface area contributed by atoms with Crippen molar-refractivity contribution < 1.29 is 32.2 Å². The molecule has 1 aromatic carbocycles. The van der Waals surface area contributed by atoms with Crippen molar-refractivity contribution in [2.75, 3.05) is 37.7 Å². The number of ether oxygens (including phenoxy) is 3. The normalized spacial score (nSPS) is 18.3. The topological polar surface area (TPSA) is 77.0 Å². The first kappa shape index (κ1) is 26.0. The van der Waals surface area contributed by atoms with E-state index in [1.54, 1.807) is 28.0 Å². The van der Waals surface area contributed by atoms with Gasteiger partial charge in [-0.3, -0.25) is 0 Å². The van der Waals surface area contributed by atoms with Gasteiger partial charge in [-0.25, -0.2) is 9.78 Å². The molecule has 0 N–H and O–H groups in total. The van der Waals surface area contributed by atoms with Crippen molar-refractivity contribution in [3.8, 4) is 11.6 Å². The van der Waals surface area contributed by atoms with Gasteiger partial charge in [-0.1, -0.05) is 12.1 Å². The molecule has 11 heteroatoms. The molecule has 1 aromatic heterocycles. The van der Waals surface area contributed by atoms with E-state index in [2.05, 4.69) is 9.97 Å². The fourth-order valence-electron chi connectivity index (χ4n) is 4.30. The molecule has 0 aliphatic carbocycles. The highest BCUT2D eigenvalue weighted by molar-refractivity contribution is 5.68. The molecule has 2 aliphatic rings. The van der Waals surface area contributed by atoms with E-state index in [1.807, 2.05) is 33.8 Å². The average molecular weight is 509 g/mol. The molecule has 2 aliphatic heterocycles. The Morgan fingerprint density at radius 3 is 2.44 bits per heavy atom. The summed E-state index contributed by atoms with van der Waals surface area (Å²) in [4.78, 5) is 24.0. The minimum absolute atomic E-state index is 0.0536. The third-order valence-electron chi connectivity index (χ3n) is 6.05. The molecule has 196 valence electrons. The number of nitrogens with zero attached hydrogens (tertiary/aromatic N) is 4. The molecular weight excluding hydrogens is 477 g/mol. The van der Waals surface area contributed by atoms with Gasteiger partial charge in [-0.05, 0) is 58.2 Å².